The number of nitrogens with zero attached hydrogens (tertiary/aromatic N) is 7. The van der Waals surface area contributed by atoms with Crippen molar-refractivity contribution in [1.82, 2.24) is 24.6 Å². The van der Waals surface area contributed by atoms with E-state index in [1.165, 1.54) is 6.07 Å². The highest BCUT2D eigenvalue weighted by Gasteiger charge is 2.45. The molecule has 0 atom stereocenters. The van der Waals surface area contributed by atoms with Gasteiger partial charge in [0.1, 0.15) is 17.5 Å². The van der Waals surface area contributed by atoms with Crippen LogP contribution in [0, 0.1) is 29.5 Å². The Morgan fingerprint density at radius 1 is 1.14 bits per heavy atom. The summed E-state index contributed by atoms with van der Waals surface area (Å²) in [7, 11) is 0. The van der Waals surface area contributed by atoms with Gasteiger partial charge in [0.25, 0.3) is 0 Å². The Hall–Kier alpha value is -3.02. The van der Waals surface area contributed by atoms with E-state index < -0.39 is 0 Å². The second-order valence-corrected chi connectivity index (χ2v) is 10.6. The molecule has 1 aliphatic carbocycles. The molecule has 0 bridgehead atoms. The van der Waals surface area contributed by atoms with Crippen LogP contribution in [0.3, 0.4) is 0 Å². The van der Waals surface area contributed by atoms with Gasteiger partial charge in [0, 0.05) is 37.1 Å². The van der Waals surface area contributed by atoms with Crippen molar-refractivity contribution in [3.63, 3.8) is 0 Å². The Morgan fingerprint density at radius 3 is 2.66 bits per heavy atom. The van der Waals surface area contributed by atoms with Crippen LogP contribution in [-0.2, 0) is 13.1 Å². The second kappa shape index (κ2) is 8.58. The van der Waals surface area contributed by atoms with Gasteiger partial charge in [0.15, 0.2) is 5.82 Å². The van der Waals surface area contributed by atoms with Crippen LogP contribution < -0.4 is 4.90 Å². The summed E-state index contributed by atoms with van der Waals surface area (Å²) in [6, 6.07) is 11.8. The maximum Gasteiger partial charge on any atom is 0.151 e. The zero-order valence-electron chi connectivity index (χ0n) is 19.7. The molecule has 9 heteroatoms. The number of pyridine rings is 1. The predicted molar refractivity (Wildman–Crippen MR) is 131 cm³/mol. The molecule has 7 nitrogen and oxygen atoms in total. The molecule has 1 saturated carbocycles. The number of nitriles is 1. The van der Waals surface area contributed by atoms with Gasteiger partial charge in [0.05, 0.1) is 29.4 Å². The fourth-order valence-corrected chi connectivity index (χ4v) is 5.62. The highest BCUT2D eigenvalue weighted by Crippen LogP contribution is 2.46. The molecule has 35 heavy (non-hydrogen) atoms. The van der Waals surface area contributed by atoms with Crippen molar-refractivity contribution < 1.29 is 4.39 Å². The van der Waals surface area contributed by atoms with E-state index in [9.17, 15) is 9.65 Å². The quantitative estimate of drug-likeness (QED) is 0.523. The molecule has 1 aromatic carbocycles. The lowest BCUT2D eigenvalue weighted by molar-refractivity contribution is 0.223. The van der Waals surface area contributed by atoms with Crippen LogP contribution >= 0.6 is 11.6 Å². The van der Waals surface area contributed by atoms with Crippen LogP contribution in [-0.4, -0.2) is 44.3 Å². The third-order valence-electron chi connectivity index (χ3n) is 7.60. The molecular weight excluding hydrogens is 465 g/mol. The average Bonchev–Trinajstić information content (AvgIpc) is 3.55. The minimum Gasteiger partial charge on any atom is -0.357 e. The van der Waals surface area contributed by atoms with Gasteiger partial charge in [-0.25, -0.2) is 9.37 Å². The van der Waals surface area contributed by atoms with Crippen LogP contribution in [0.2, 0.25) is 5.02 Å². The van der Waals surface area contributed by atoms with Gasteiger partial charge in [0.2, 0.25) is 0 Å². The summed E-state index contributed by atoms with van der Waals surface area (Å²) in [4.78, 5) is 8.96. The Kier molecular flexibility index (Phi) is 5.50. The average molecular weight is 492 g/mol. The summed E-state index contributed by atoms with van der Waals surface area (Å²) >= 11 is 6.39. The molecule has 6 rings (SSSR count). The third kappa shape index (κ3) is 4.17. The van der Waals surface area contributed by atoms with Gasteiger partial charge >= 0.3 is 0 Å². The Bertz CT molecular complexity index is 1320. The van der Waals surface area contributed by atoms with E-state index in [2.05, 4.69) is 41.7 Å². The molecule has 3 aliphatic rings. The van der Waals surface area contributed by atoms with Crippen molar-refractivity contribution in [2.24, 2.45) is 5.41 Å². The highest BCUT2D eigenvalue weighted by molar-refractivity contribution is 6.30. The van der Waals surface area contributed by atoms with Crippen molar-refractivity contribution in [3.8, 4) is 11.8 Å². The SMILES string of the molecule is Cc1nc(N2CCC(c3nnc4n3-c3ccc(Cl)cc3CN(CC3(C#N)CC3)C4)CC2)ccc1F. The molecule has 3 aromatic rings. The molecule has 180 valence electrons. The highest BCUT2D eigenvalue weighted by atomic mass is 35.5. The maximum absolute atomic E-state index is 13.7. The number of benzene rings is 1. The number of hydrogen-bond donors (Lipinski definition) is 0. The van der Waals surface area contributed by atoms with Gasteiger partial charge < -0.3 is 4.90 Å². The van der Waals surface area contributed by atoms with Crippen molar-refractivity contribution in [2.45, 2.75) is 51.6 Å². The van der Waals surface area contributed by atoms with Gasteiger partial charge in [-0.15, -0.1) is 10.2 Å². The first-order valence-corrected chi connectivity index (χ1v) is 12.6. The molecule has 0 N–H and O–H groups in total. The van der Waals surface area contributed by atoms with E-state index >= 15 is 0 Å². The fourth-order valence-electron chi connectivity index (χ4n) is 5.42. The van der Waals surface area contributed by atoms with Gasteiger partial charge in [-0.05, 0) is 68.5 Å². The summed E-state index contributed by atoms with van der Waals surface area (Å²) in [6.45, 7) is 5.48. The number of hydrogen-bond acceptors (Lipinski definition) is 6. The Balaban J connectivity index is 1.28. The van der Waals surface area contributed by atoms with E-state index in [0.717, 1.165) is 80.6 Å². The summed E-state index contributed by atoms with van der Waals surface area (Å²) in [5, 5.41) is 19.7. The molecule has 2 aliphatic heterocycles. The molecule has 0 unspecified atom stereocenters. The third-order valence-corrected chi connectivity index (χ3v) is 7.84. The summed E-state index contributed by atoms with van der Waals surface area (Å²) in [6.07, 6.45) is 3.75. The van der Waals surface area contributed by atoms with Crippen LogP contribution in [0.4, 0.5) is 10.2 Å². The monoisotopic (exact) mass is 491 g/mol. The summed E-state index contributed by atoms with van der Waals surface area (Å²) < 4.78 is 15.9. The Labute approximate surface area is 209 Å². The van der Waals surface area contributed by atoms with Crippen LogP contribution in [0.5, 0.6) is 0 Å². The van der Waals surface area contributed by atoms with Crippen molar-refractivity contribution in [1.29, 1.82) is 5.26 Å². The molecule has 2 aromatic heterocycles. The van der Waals surface area contributed by atoms with E-state index in [4.69, 9.17) is 11.6 Å². The molecule has 1 saturated heterocycles. The minimum absolute atomic E-state index is 0.226. The molecule has 0 amide bonds. The van der Waals surface area contributed by atoms with E-state index in [0.29, 0.717) is 17.3 Å². The summed E-state index contributed by atoms with van der Waals surface area (Å²) in [5.41, 5.74) is 2.41. The zero-order chi connectivity index (χ0) is 24.2. The predicted octanol–water partition coefficient (Wildman–Crippen LogP) is 4.77. The van der Waals surface area contributed by atoms with Crippen LogP contribution in [0.25, 0.3) is 5.69 Å². The smallest absolute Gasteiger partial charge is 0.151 e. The second-order valence-electron chi connectivity index (χ2n) is 10.1. The van der Waals surface area contributed by atoms with Crippen LogP contribution in [0.15, 0.2) is 30.3 Å². The lowest BCUT2D eigenvalue weighted by Gasteiger charge is -2.32. The van der Waals surface area contributed by atoms with Crippen molar-refractivity contribution in [2.75, 3.05) is 24.5 Å². The first-order chi connectivity index (χ1) is 16.9. The molecular formula is C26H27ClFN7. The zero-order valence-corrected chi connectivity index (χ0v) is 20.5. The van der Waals surface area contributed by atoms with Gasteiger partial charge in [-0.2, -0.15) is 5.26 Å². The molecule has 4 heterocycles. The van der Waals surface area contributed by atoms with E-state index in [1.807, 2.05) is 12.1 Å². The van der Waals surface area contributed by atoms with Crippen molar-refractivity contribution >= 4 is 17.4 Å². The Morgan fingerprint density at radius 2 is 1.94 bits per heavy atom. The first kappa shape index (κ1) is 22.4. The first-order valence-electron chi connectivity index (χ1n) is 12.2. The van der Waals surface area contributed by atoms with Crippen molar-refractivity contribution in [3.05, 3.63) is 64.1 Å². The lowest BCUT2D eigenvalue weighted by Crippen LogP contribution is -2.34. The van der Waals surface area contributed by atoms with Gasteiger partial charge in [-0.1, -0.05) is 11.6 Å². The van der Waals surface area contributed by atoms with E-state index in [1.54, 1.807) is 13.0 Å². The number of halogens is 2. The topological polar surface area (TPSA) is 73.9 Å². The van der Waals surface area contributed by atoms with E-state index in [-0.39, 0.29) is 17.2 Å². The summed E-state index contributed by atoms with van der Waals surface area (Å²) in [5.74, 6) is 2.70. The number of aryl methyl sites for hydroxylation is 1. The number of anilines is 1. The number of rotatable bonds is 4. The lowest BCUT2D eigenvalue weighted by atomic mass is 9.95. The standard InChI is InChI=1S/C26H27ClFN7/c1-17-21(28)3-5-23(30-17)34-10-6-18(7-11-34)25-32-31-24-14-33(16-26(15-29)8-9-26)13-19-12-20(27)2-4-22(19)35(24)25/h2-5,12,18H,6-11,13-14,16H2,1H3. The largest absolute Gasteiger partial charge is 0.357 e. The molecule has 0 radical (unpaired) electrons. The van der Waals surface area contributed by atoms with Crippen LogP contribution in [0.1, 0.15) is 54.5 Å². The van der Waals surface area contributed by atoms with Gasteiger partial charge in [-0.3, -0.25) is 9.47 Å². The number of fused-ring (bicyclic) bond motifs is 3. The molecule has 2 fully saturated rings. The maximum atomic E-state index is 13.7. The normalized spacial score (nSPS) is 19.5. The fraction of sp³-hybridized carbons (Fsp3) is 0.462. The molecule has 0 spiro atoms. The number of aromatic nitrogens is 4. The minimum atomic E-state index is -0.273. The number of piperidine rings is 1.